The molecule has 0 aromatic rings. The third kappa shape index (κ3) is 9.96. The van der Waals surface area contributed by atoms with E-state index in [2.05, 4.69) is 33.0 Å². The summed E-state index contributed by atoms with van der Waals surface area (Å²) in [5, 5.41) is 3.42. The van der Waals surface area contributed by atoms with Crippen molar-refractivity contribution >= 4 is 0 Å². The van der Waals surface area contributed by atoms with Gasteiger partial charge < -0.3 is 5.32 Å². The fourth-order valence-electron chi connectivity index (χ4n) is 1.07. The molecule has 0 aliphatic heterocycles. The SMILES string of the molecule is CC(C)CCCCNC(C)C. The Kier molecular flexibility index (Phi) is 6.63. The van der Waals surface area contributed by atoms with Crippen LogP contribution < -0.4 is 5.32 Å². The molecule has 0 unspecified atom stereocenters. The van der Waals surface area contributed by atoms with E-state index >= 15 is 0 Å². The van der Waals surface area contributed by atoms with E-state index in [4.69, 9.17) is 0 Å². The quantitative estimate of drug-likeness (QED) is 0.585. The normalized spacial score (nSPS) is 11.5. The highest BCUT2D eigenvalue weighted by Crippen LogP contribution is 2.04. The van der Waals surface area contributed by atoms with Crippen molar-refractivity contribution in [3.05, 3.63) is 0 Å². The van der Waals surface area contributed by atoms with Crippen molar-refractivity contribution < 1.29 is 0 Å². The van der Waals surface area contributed by atoms with Gasteiger partial charge in [-0.1, -0.05) is 40.5 Å². The van der Waals surface area contributed by atoms with E-state index in [0.29, 0.717) is 6.04 Å². The Morgan fingerprint density at radius 1 is 1.00 bits per heavy atom. The lowest BCUT2D eigenvalue weighted by atomic mass is 10.1. The lowest BCUT2D eigenvalue weighted by Gasteiger charge is -2.08. The molecule has 0 aliphatic rings. The fraction of sp³-hybridized carbons (Fsp3) is 1.00. The summed E-state index contributed by atoms with van der Waals surface area (Å²) in [6.07, 6.45) is 4.08. The van der Waals surface area contributed by atoms with Gasteiger partial charge in [0.25, 0.3) is 0 Å². The lowest BCUT2D eigenvalue weighted by Crippen LogP contribution is -2.23. The number of rotatable bonds is 6. The first-order valence-electron chi connectivity index (χ1n) is 4.86. The monoisotopic (exact) mass is 157 g/mol. The van der Waals surface area contributed by atoms with Gasteiger partial charge in [0.1, 0.15) is 0 Å². The number of nitrogens with one attached hydrogen (secondary N) is 1. The van der Waals surface area contributed by atoms with Crippen LogP contribution in [-0.2, 0) is 0 Å². The predicted molar refractivity (Wildman–Crippen MR) is 51.8 cm³/mol. The highest BCUT2D eigenvalue weighted by Gasteiger charge is 1.94. The predicted octanol–water partition coefficient (Wildman–Crippen LogP) is 2.81. The molecule has 0 rings (SSSR count). The van der Waals surface area contributed by atoms with Gasteiger partial charge in [-0.25, -0.2) is 0 Å². The number of hydrogen-bond donors (Lipinski definition) is 1. The second-order valence-electron chi connectivity index (χ2n) is 4.00. The molecule has 0 aromatic heterocycles. The first kappa shape index (κ1) is 11.0. The van der Waals surface area contributed by atoms with E-state index < -0.39 is 0 Å². The second kappa shape index (κ2) is 6.66. The van der Waals surface area contributed by atoms with Gasteiger partial charge in [0, 0.05) is 6.04 Å². The van der Waals surface area contributed by atoms with E-state index in [1.807, 2.05) is 0 Å². The van der Waals surface area contributed by atoms with Crippen LogP contribution in [0.15, 0.2) is 0 Å². The Balaban J connectivity index is 2.91. The summed E-state index contributed by atoms with van der Waals surface area (Å²) in [6.45, 7) is 10.2. The van der Waals surface area contributed by atoms with E-state index in [9.17, 15) is 0 Å². The van der Waals surface area contributed by atoms with Gasteiger partial charge in [0.15, 0.2) is 0 Å². The maximum Gasteiger partial charge on any atom is 0.00103 e. The average molecular weight is 157 g/mol. The number of hydrogen-bond acceptors (Lipinski definition) is 1. The molecule has 0 saturated carbocycles. The molecule has 1 heteroatoms. The van der Waals surface area contributed by atoms with E-state index in [1.54, 1.807) is 0 Å². The lowest BCUT2D eigenvalue weighted by molar-refractivity contribution is 0.503. The van der Waals surface area contributed by atoms with Gasteiger partial charge in [-0.3, -0.25) is 0 Å². The third-order valence-electron chi connectivity index (χ3n) is 1.76. The zero-order valence-corrected chi connectivity index (χ0v) is 8.48. The minimum atomic E-state index is 0.647. The Labute approximate surface area is 71.6 Å². The molecule has 0 fully saturated rings. The Bertz CT molecular complexity index is 66.9. The van der Waals surface area contributed by atoms with Crippen molar-refractivity contribution in [2.24, 2.45) is 5.92 Å². The molecule has 11 heavy (non-hydrogen) atoms. The van der Waals surface area contributed by atoms with Crippen molar-refractivity contribution in [3.63, 3.8) is 0 Å². The van der Waals surface area contributed by atoms with E-state index in [1.165, 1.54) is 25.8 Å². The molecule has 1 N–H and O–H groups in total. The molecule has 0 radical (unpaired) electrons. The van der Waals surface area contributed by atoms with Crippen LogP contribution in [0, 0.1) is 5.92 Å². The molecule has 0 atom stereocenters. The standard InChI is InChI=1S/C10H23N/c1-9(2)7-5-6-8-11-10(3)4/h9-11H,5-8H2,1-4H3. The Hall–Kier alpha value is -0.0400. The molecule has 0 aliphatic carbocycles. The summed E-state index contributed by atoms with van der Waals surface area (Å²) in [5.41, 5.74) is 0. The van der Waals surface area contributed by atoms with Crippen LogP contribution in [0.3, 0.4) is 0 Å². The van der Waals surface area contributed by atoms with Crippen LogP contribution in [-0.4, -0.2) is 12.6 Å². The zero-order valence-electron chi connectivity index (χ0n) is 8.48. The minimum Gasteiger partial charge on any atom is -0.315 e. The molecular formula is C10H23N. The van der Waals surface area contributed by atoms with Gasteiger partial charge in [-0.2, -0.15) is 0 Å². The van der Waals surface area contributed by atoms with Crippen LogP contribution in [0.25, 0.3) is 0 Å². The summed E-state index contributed by atoms with van der Waals surface area (Å²) >= 11 is 0. The highest BCUT2D eigenvalue weighted by molar-refractivity contribution is 4.53. The van der Waals surface area contributed by atoms with E-state index in [-0.39, 0.29) is 0 Å². The zero-order chi connectivity index (χ0) is 8.69. The van der Waals surface area contributed by atoms with Crippen LogP contribution in [0.5, 0.6) is 0 Å². The molecule has 0 saturated heterocycles. The maximum atomic E-state index is 3.42. The molecule has 0 amide bonds. The molecule has 68 valence electrons. The highest BCUT2D eigenvalue weighted by atomic mass is 14.9. The third-order valence-corrected chi connectivity index (χ3v) is 1.76. The van der Waals surface area contributed by atoms with Crippen LogP contribution >= 0.6 is 0 Å². The van der Waals surface area contributed by atoms with Crippen LogP contribution in [0.1, 0.15) is 47.0 Å². The summed E-state index contributed by atoms with van der Waals surface area (Å²) in [5.74, 6) is 0.869. The Morgan fingerprint density at radius 2 is 1.64 bits per heavy atom. The van der Waals surface area contributed by atoms with Gasteiger partial charge in [-0.05, 0) is 18.9 Å². The summed E-state index contributed by atoms with van der Waals surface area (Å²) < 4.78 is 0. The minimum absolute atomic E-state index is 0.647. The molecule has 1 nitrogen and oxygen atoms in total. The van der Waals surface area contributed by atoms with Gasteiger partial charge in [0.2, 0.25) is 0 Å². The van der Waals surface area contributed by atoms with Crippen molar-refractivity contribution in [1.29, 1.82) is 0 Å². The number of unbranched alkanes of at least 4 members (excludes halogenated alkanes) is 1. The molecule has 0 aromatic carbocycles. The van der Waals surface area contributed by atoms with Crippen molar-refractivity contribution in [3.8, 4) is 0 Å². The smallest absolute Gasteiger partial charge is 0.00103 e. The summed E-state index contributed by atoms with van der Waals surface area (Å²) in [6, 6.07) is 0.647. The molecule has 0 spiro atoms. The van der Waals surface area contributed by atoms with Gasteiger partial charge in [-0.15, -0.1) is 0 Å². The summed E-state index contributed by atoms with van der Waals surface area (Å²) in [4.78, 5) is 0. The molecular weight excluding hydrogens is 134 g/mol. The second-order valence-corrected chi connectivity index (χ2v) is 4.00. The van der Waals surface area contributed by atoms with Crippen molar-refractivity contribution in [2.75, 3.05) is 6.54 Å². The first-order chi connectivity index (χ1) is 5.13. The fourth-order valence-corrected chi connectivity index (χ4v) is 1.07. The van der Waals surface area contributed by atoms with Crippen LogP contribution in [0.4, 0.5) is 0 Å². The average Bonchev–Trinajstić information content (AvgIpc) is 1.85. The Morgan fingerprint density at radius 3 is 2.09 bits per heavy atom. The van der Waals surface area contributed by atoms with Gasteiger partial charge >= 0.3 is 0 Å². The topological polar surface area (TPSA) is 12.0 Å². The maximum absolute atomic E-state index is 3.42. The van der Waals surface area contributed by atoms with E-state index in [0.717, 1.165) is 5.92 Å². The van der Waals surface area contributed by atoms with Crippen molar-refractivity contribution in [2.45, 2.75) is 53.0 Å². The largest absolute Gasteiger partial charge is 0.315 e. The molecule has 0 heterocycles. The first-order valence-corrected chi connectivity index (χ1v) is 4.86. The van der Waals surface area contributed by atoms with Crippen LogP contribution in [0.2, 0.25) is 0 Å². The van der Waals surface area contributed by atoms with Crippen molar-refractivity contribution in [1.82, 2.24) is 5.32 Å². The van der Waals surface area contributed by atoms with Gasteiger partial charge in [0.05, 0.1) is 0 Å². The molecule has 0 bridgehead atoms. The summed E-state index contributed by atoms with van der Waals surface area (Å²) in [7, 11) is 0.